The zero-order chi connectivity index (χ0) is 15.1. The smallest absolute Gasteiger partial charge is 0.186 e. The second kappa shape index (κ2) is 8.60. The van der Waals surface area contributed by atoms with E-state index in [0.717, 1.165) is 13.2 Å². The third-order valence-electron chi connectivity index (χ3n) is 3.17. The molecule has 0 radical (unpaired) electrons. The van der Waals surface area contributed by atoms with Crippen LogP contribution >= 0.6 is 0 Å². The van der Waals surface area contributed by atoms with Gasteiger partial charge in [-0.1, -0.05) is 34.1 Å². The Hall–Kier alpha value is 0.354. The molecule has 116 valence electrons. The molecular formula is C15H36O2Si2. The highest BCUT2D eigenvalue weighted by Gasteiger charge is 2.27. The molecular weight excluding hydrogens is 268 g/mol. The first kappa shape index (κ1) is 19.4. The molecule has 2 nitrogen and oxygen atoms in total. The molecule has 0 N–H and O–H groups in total. The van der Waals surface area contributed by atoms with Crippen molar-refractivity contribution in [1.29, 1.82) is 0 Å². The molecule has 0 aliphatic carbocycles. The molecule has 0 unspecified atom stereocenters. The molecule has 0 fully saturated rings. The van der Waals surface area contributed by atoms with Crippen LogP contribution in [0.25, 0.3) is 0 Å². The van der Waals surface area contributed by atoms with Gasteiger partial charge in [-0.3, -0.25) is 0 Å². The summed E-state index contributed by atoms with van der Waals surface area (Å²) >= 11 is 0. The minimum absolute atomic E-state index is 0.645. The van der Waals surface area contributed by atoms with Crippen molar-refractivity contribution in [2.24, 2.45) is 11.8 Å². The Bertz CT molecular complexity index is 214. The number of rotatable bonds is 10. The van der Waals surface area contributed by atoms with E-state index in [0.29, 0.717) is 11.8 Å². The van der Waals surface area contributed by atoms with Gasteiger partial charge in [-0.15, -0.1) is 0 Å². The normalized spacial score (nSPS) is 13.6. The van der Waals surface area contributed by atoms with Gasteiger partial charge in [0.15, 0.2) is 16.6 Å². The van der Waals surface area contributed by atoms with Crippen LogP contribution in [0, 0.1) is 11.8 Å². The van der Waals surface area contributed by atoms with Gasteiger partial charge in [-0.05, 0) is 50.1 Å². The average Bonchev–Trinajstić information content (AvgIpc) is 2.23. The number of hydrogen-bond donors (Lipinski definition) is 0. The van der Waals surface area contributed by atoms with Crippen LogP contribution in [-0.4, -0.2) is 29.8 Å². The van der Waals surface area contributed by atoms with Crippen LogP contribution in [0.15, 0.2) is 0 Å². The second-order valence-electron chi connectivity index (χ2n) is 7.78. The maximum absolute atomic E-state index is 6.12. The van der Waals surface area contributed by atoms with E-state index in [-0.39, 0.29) is 0 Å². The summed E-state index contributed by atoms with van der Waals surface area (Å²) in [5, 5.41) is 0. The Morgan fingerprint density at radius 3 is 1.26 bits per heavy atom. The zero-order valence-corrected chi connectivity index (χ0v) is 16.5. The monoisotopic (exact) mass is 304 g/mol. The Kier molecular flexibility index (Phi) is 8.76. The minimum Gasteiger partial charge on any atom is -0.417 e. The first-order valence-electron chi connectivity index (χ1n) is 7.82. The van der Waals surface area contributed by atoms with Gasteiger partial charge in [0.05, 0.1) is 0 Å². The lowest BCUT2D eigenvalue weighted by atomic mass is 10.2. The largest absolute Gasteiger partial charge is 0.417 e. The summed E-state index contributed by atoms with van der Waals surface area (Å²) in [4.78, 5) is 0. The van der Waals surface area contributed by atoms with Crippen molar-refractivity contribution in [3.63, 3.8) is 0 Å². The van der Waals surface area contributed by atoms with Crippen molar-refractivity contribution in [2.75, 3.05) is 13.2 Å². The molecule has 0 rings (SSSR count). The highest BCUT2D eigenvalue weighted by Crippen LogP contribution is 2.22. The van der Waals surface area contributed by atoms with Crippen molar-refractivity contribution in [2.45, 2.75) is 72.4 Å². The van der Waals surface area contributed by atoms with Crippen LogP contribution in [0.4, 0.5) is 0 Å². The molecule has 0 saturated carbocycles. The second-order valence-corrected chi connectivity index (χ2v) is 16.4. The van der Waals surface area contributed by atoms with Crippen molar-refractivity contribution >= 4 is 16.6 Å². The molecule has 0 aliphatic rings. The summed E-state index contributed by atoms with van der Waals surface area (Å²) in [7, 11) is -2.89. The standard InChI is InChI=1S/C15H36O2Si2/c1-14(2)12-16-18(5,6)10-9-11-19(7,8)17-13-15(3)4/h14-15H,9-13H2,1-8H3. The zero-order valence-electron chi connectivity index (χ0n) is 14.5. The molecule has 0 amide bonds. The lowest BCUT2D eigenvalue weighted by molar-refractivity contribution is 0.257. The van der Waals surface area contributed by atoms with Gasteiger partial charge in [0.1, 0.15) is 0 Å². The summed E-state index contributed by atoms with van der Waals surface area (Å²) in [6.45, 7) is 20.1. The van der Waals surface area contributed by atoms with E-state index in [2.05, 4.69) is 53.9 Å². The molecule has 0 aromatic heterocycles. The van der Waals surface area contributed by atoms with Crippen LogP contribution < -0.4 is 0 Å². The van der Waals surface area contributed by atoms with Crippen LogP contribution in [0.3, 0.4) is 0 Å². The predicted octanol–water partition coefficient (Wildman–Crippen LogP) is 5.13. The fraction of sp³-hybridized carbons (Fsp3) is 1.00. The van der Waals surface area contributed by atoms with Crippen LogP contribution in [0.1, 0.15) is 34.1 Å². The molecule has 4 heteroatoms. The van der Waals surface area contributed by atoms with Crippen molar-refractivity contribution < 1.29 is 8.85 Å². The van der Waals surface area contributed by atoms with Crippen molar-refractivity contribution in [1.82, 2.24) is 0 Å². The maximum atomic E-state index is 6.12. The average molecular weight is 305 g/mol. The summed E-state index contributed by atoms with van der Waals surface area (Å²) in [5.74, 6) is 1.29. The van der Waals surface area contributed by atoms with Crippen LogP contribution in [0.5, 0.6) is 0 Å². The minimum atomic E-state index is -1.44. The van der Waals surface area contributed by atoms with E-state index in [9.17, 15) is 0 Å². The van der Waals surface area contributed by atoms with E-state index in [1.54, 1.807) is 0 Å². The fourth-order valence-corrected chi connectivity index (χ4v) is 6.14. The first-order chi connectivity index (χ1) is 8.54. The van der Waals surface area contributed by atoms with Crippen molar-refractivity contribution in [3.8, 4) is 0 Å². The van der Waals surface area contributed by atoms with E-state index < -0.39 is 16.6 Å². The van der Waals surface area contributed by atoms with Gasteiger partial charge in [-0.2, -0.15) is 0 Å². The molecule has 0 aromatic carbocycles. The van der Waals surface area contributed by atoms with Gasteiger partial charge in [0.25, 0.3) is 0 Å². The molecule has 19 heavy (non-hydrogen) atoms. The van der Waals surface area contributed by atoms with Crippen LogP contribution in [0.2, 0.25) is 38.3 Å². The van der Waals surface area contributed by atoms with Crippen LogP contribution in [-0.2, 0) is 8.85 Å². The highest BCUT2D eigenvalue weighted by molar-refractivity contribution is 6.72. The topological polar surface area (TPSA) is 18.5 Å². The molecule has 0 bridgehead atoms. The third-order valence-corrected chi connectivity index (χ3v) is 8.18. The van der Waals surface area contributed by atoms with Gasteiger partial charge >= 0.3 is 0 Å². The van der Waals surface area contributed by atoms with Gasteiger partial charge in [0.2, 0.25) is 0 Å². The SMILES string of the molecule is CC(C)CO[Si](C)(C)CCC[Si](C)(C)OCC(C)C. The van der Waals surface area contributed by atoms with E-state index in [1.807, 2.05) is 0 Å². The third kappa shape index (κ3) is 11.8. The van der Waals surface area contributed by atoms with E-state index in [4.69, 9.17) is 8.85 Å². The molecule has 0 aromatic rings. The lowest BCUT2D eigenvalue weighted by Gasteiger charge is -2.27. The van der Waals surface area contributed by atoms with Gasteiger partial charge < -0.3 is 8.85 Å². The molecule has 0 atom stereocenters. The highest BCUT2D eigenvalue weighted by atomic mass is 28.4. The Balaban J connectivity index is 3.92. The Labute approximate surface area is 123 Å². The lowest BCUT2D eigenvalue weighted by Crippen LogP contribution is -2.35. The Morgan fingerprint density at radius 1 is 0.684 bits per heavy atom. The number of hydrogen-bond acceptors (Lipinski definition) is 2. The summed E-state index contributed by atoms with van der Waals surface area (Å²) in [6.07, 6.45) is 1.27. The fourth-order valence-electron chi connectivity index (χ4n) is 1.87. The van der Waals surface area contributed by atoms with Gasteiger partial charge in [-0.25, -0.2) is 0 Å². The summed E-state index contributed by atoms with van der Waals surface area (Å²) in [5.41, 5.74) is 0. The summed E-state index contributed by atoms with van der Waals surface area (Å²) in [6, 6.07) is 2.53. The van der Waals surface area contributed by atoms with E-state index >= 15 is 0 Å². The predicted molar refractivity (Wildman–Crippen MR) is 90.8 cm³/mol. The first-order valence-corrected chi connectivity index (χ1v) is 14.0. The van der Waals surface area contributed by atoms with Gasteiger partial charge in [0, 0.05) is 13.2 Å². The molecule has 0 heterocycles. The molecule has 0 spiro atoms. The molecule has 0 saturated heterocycles. The van der Waals surface area contributed by atoms with Crippen molar-refractivity contribution in [3.05, 3.63) is 0 Å². The summed E-state index contributed by atoms with van der Waals surface area (Å²) < 4.78 is 12.2. The Morgan fingerprint density at radius 2 is 1.00 bits per heavy atom. The van der Waals surface area contributed by atoms with E-state index in [1.165, 1.54) is 18.5 Å². The molecule has 0 aliphatic heterocycles. The maximum Gasteiger partial charge on any atom is 0.186 e. The quantitative estimate of drug-likeness (QED) is 0.521.